The van der Waals surface area contributed by atoms with Crippen molar-refractivity contribution in [1.29, 1.82) is 0 Å². The molecule has 0 spiro atoms. The summed E-state index contributed by atoms with van der Waals surface area (Å²) < 4.78 is 1.68. The lowest BCUT2D eigenvalue weighted by atomic mass is 10.1. The summed E-state index contributed by atoms with van der Waals surface area (Å²) in [6.45, 7) is 3.82. The Kier molecular flexibility index (Phi) is 6.63. The lowest BCUT2D eigenvalue weighted by Gasteiger charge is -2.13. The van der Waals surface area contributed by atoms with E-state index in [1.165, 1.54) is 36.0 Å². The molecule has 0 bridgehead atoms. The van der Waals surface area contributed by atoms with Crippen LogP contribution in [0.3, 0.4) is 0 Å². The molecule has 0 aliphatic carbocycles. The molecule has 1 atom stereocenters. The molecular weight excluding hydrogens is 408 g/mol. The third-order valence-electron chi connectivity index (χ3n) is 4.80. The lowest BCUT2D eigenvalue weighted by Crippen LogP contribution is -2.28. The summed E-state index contributed by atoms with van der Waals surface area (Å²) >= 11 is 1.44. The van der Waals surface area contributed by atoms with Crippen LogP contribution in [0.1, 0.15) is 35.0 Å². The van der Waals surface area contributed by atoms with Gasteiger partial charge in [0.15, 0.2) is 0 Å². The fourth-order valence-electron chi connectivity index (χ4n) is 3.11. The zero-order valence-electron chi connectivity index (χ0n) is 16.8. The molecule has 2 N–H and O–H groups in total. The van der Waals surface area contributed by atoms with Crippen molar-refractivity contribution in [2.24, 2.45) is 0 Å². The Morgan fingerprint density at radius 3 is 2.63 bits per heavy atom. The predicted molar refractivity (Wildman–Crippen MR) is 111 cm³/mol. The van der Waals surface area contributed by atoms with Crippen LogP contribution in [-0.4, -0.2) is 48.3 Å². The van der Waals surface area contributed by atoms with Crippen molar-refractivity contribution in [3.05, 3.63) is 56.9 Å². The van der Waals surface area contributed by atoms with E-state index < -0.39 is 11.0 Å². The Labute approximate surface area is 176 Å². The molecule has 0 fully saturated rings. The van der Waals surface area contributed by atoms with Gasteiger partial charge >= 0.3 is 0 Å². The minimum Gasteiger partial charge on any atom is -0.387 e. The highest BCUT2D eigenvalue weighted by Crippen LogP contribution is 2.19. The molecule has 30 heavy (non-hydrogen) atoms. The molecule has 0 saturated heterocycles. The molecule has 2 heterocycles. The van der Waals surface area contributed by atoms with Crippen molar-refractivity contribution >= 4 is 29.1 Å². The molecule has 11 heteroatoms. The van der Waals surface area contributed by atoms with Gasteiger partial charge in [0.2, 0.25) is 11.1 Å². The second-order valence-electron chi connectivity index (χ2n) is 6.74. The first kappa shape index (κ1) is 21.7. The maximum absolute atomic E-state index is 12.3. The average Bonchev–Trinajstić information content (AvgIpc) is 3.15. The topological polar surface area (TPSA) is 136 Å². The fraction of sp³-hybridized carbons (Fsp3) is 0.368. The number of nitrogens with zero attached hydrogens (tertiary/aromatic N) is 5. The van der Waals surface area contributed by atoms with E-state index in [1.54, 1.807) is 4.52 Å². The van der Waals surface area contributed by atoms with Gasteiger partial charge in [0, 0.05) is 36.5 Å². The molecule has 0 unspecified atom stereocenters. The number of fused-ring (bicyclic) bond motifs is 1. The third-order valence-corrected chi connectivity index (χ3v) is 5.33. The molecule has 0 saturated carbocycles. The van der Waals surface area contributed by atoms with Gasteiger partial charge < -0.3 is 10.4 Å². The SMILES string of the molecule is CSc1nc2nc(C)c(CCC(=O)NC[C@H](O)c3ccc([N+](=O)[O-])cc3)c(C)n2n1. The van der Waals surface area contributed by atoms with Crippen LogP contribution in [0.25, 0.3) is 5.78 Å². The summed E-state index contributed by atoms with van der Waals surface area (Å²) in [5.74, 6) is 0.326. The van der Waals surface area contributed by atoms with Gasteiger partial charge in [0.25, 0.3) is 11.5 Å². The van der Waals surface area contributed by atoms with Crippen LogP contribution in [0.15, 0.2) is 29.4 Å². The van der Waals surface area contributed by atoms with Crippen molar-refractivity contribution in [1.82, 2.24) is 24.9 Å². The number of benzene rings is 1. The standard InChI is InChI=1S/C19H22N6O4S/c1-11-15(12(2)24-18(21-11)22-19(23-24)30-3)8-9-17(27)20-10-16(26)13-4-6-14(7-5-13)25(28)29/h4-7,16,26H,8-10H2,1-3H3,(H,20,27)/t16-/m0/s1. The number of rotatable bonds is 8. The van der Waals surface area contributed by atoms with Crippen LogP contribution in [0, 0.1) is 24.0 Å². The minimum atomic E-state index is -0.948. The van der Waals surface area contributed by atoms with Crippen molar-refractivity contribution < 1.29 is 14.8 Å². The molecule has 1 aromatic carbocycles. The fourth-order valence-corrected chi connectivity index (χ4v) is 3.45. The van der Waals surface area contributed by atoms with E-state index in [0.29, 0.717) is 22.9 Å². The lowest BCUT2D eigenvalue weighted by molar-refractivity contribution is -0.384. The Hall–Kier alpha value is -3.05. The maximum atomic E-state index is 12.3. The number of hydrogen-bond donors (Lipinski definition) is 2. The molecule has 1 amide bonds. The van der Waals surface area contributed by atoms with Crippen LogP contribution in [-0.2, 0) is 11.2 Å². The quantitative estimate of drug-likeness (QED) is 0.315. The molecule has 0 aliphatic heterocycles. The van der Waals surface area contributed by atoms with Crippen LogP contribution in [0.2, 0.25) is 0 Å². The molecule has 158 valence electrons. The molecular formula is C19H22N6O4S. The smallest absolute Gasteiger partial charge is 0.269 e. The molecule has 3 aromatic rings. The molecule has 0 aliphatic rings. The zero-order chi connectivity index (χ0) is 21.8. The third kappa shape index (κ3) is 4.74. The number of carbonyl (C=O) groups is 1. The monoisotopic (exact) mass is 430 g/mol. The first-order valence-corrected chi connectivity index (χ1v) is 10.5. The number of thioether (sulfide) groups is 1. The molecule has 10 nitrogen and oxygen atoms in total. The highest BCUT2D eigenvalue weighted by atomic mass is 32.2. The second-order valence-corrected chi connectivity index (χ2v) is 7.51. The Morgan fingerprint density at radius 2 is 2.00 bits per heavy atom. The van der Waals surface area contributed by atoms with E-state index in [9.17, 15) is 20.0 Å². The molecule has 3 rings (SSSR count). The van der Waals surface area contributed by atoms with Gasteiger partial charge in [-0.25, -0.2) is 9.50 Å². The van der Waals surface area contributed by atoms with Crippen LogP contribution in [0.5, 0.6) is 0 Å². The van der Waals surface area contributed by atoms with E-state index >= 15 is 0 Å². The number of aromatic nitrogens is 4. The van der Waals surface area contributed by atoms with Gasteiger partial charge in [-0.3, -0.25) is 14.9 Å². The number of nitro groups is 1. The van der Waals surface area contributed by atoms with Gasteiger partial charge in [-0.1, -0.05) is 11.8 Å². The number of carbonyl (C=O) groups excluding carboxylic acids is 1. The van der Waals surface area contributed by atoms with Gasteiger partial charge in [0.05, 0.1) is 11.0 Å². The number of nitro benzene ring substituents is 1. The molecule has 2 aromatic heterocycles. The number of nitrogens with one attached hydrogen (secondary N) is 1. The summed E-state index contributed by atoms with van der Waals surface area (Å²) in [4.78, 5) is 31.3. The summed E-state index contributed by atoms with van der Waals surface area (Å²) in [6.07, 6.45) is 1.66. The van der Waals surface area contributed by atoms with E-state index in [1.807, 2.05) is 20.1 Å². The summed E-state index contributed by atoms with van der Waals surface area (Å²) in [7, 11) is 0. The number of non-ortho nitro benzene ring substituents is 1. The van der Waals surface area contributed by atoms with Crippen molar-refractivity contribution in [2.45, 2.75) is 37.9 Å². The average molecular weight is 430 g/mol. The van der Waals surface area contributed by atoms with Gasteiger partial charge in [-0.15, -0.1) is 5.10 Å². The largest absolute Gasteiger partial charge is 0.387 e. The zero-order valence-corrected chi connectivity index (χ0v) is 17.6. The summed E-state index contributed by atoms with van der Waals surface area (Å²) in [5, 5.41) is 28.6. The number of aliphatic hydroxyl groups is 1. The first-order chi connectivity index (χ1) is 14.3. The second kappa shape index (κ2) is 9.18. The highest BCUT2D eigenvalue weighted by molar-refractivity contribution is 7.98. The van der Waals surface area contributed by atoms with Gasteiger partial charge in [-0.2, -0.15) is 4.98 Å². The van der Waals surface area contributed by atoms with Gasteiger partial charge in [-0.05, 0) is 49.8 Å². The van der Waals surface area contributed by atoms with Crippen LogP contribution in [0.4, 0.5) is 5.69 Å². The van der Waals surface area contributed by atoms with Gasteiger partial charge in [0.1, 0.15) is 0 Å². The van der Waals surface area contributed by atoms with Crippen molar-refractivity contribution in [2.75, 3.05) is 12.8 Å². The normalized spacial score (nSPS) is 12.1. The van der Waals surface area contributed by atoms with E-state index in [2.05, 4.69) is 20.4 Å². The van der Waals surface area contributed by atoms with Crippen LogP contribution < -0.4 is 5.32 Å². The summed E-state index contributed by atoms with van der Waals surface area (Å²) in [6, 6.07) is 5.59. The maximum Gasteiger partial charge on any atom is 0.269 e. The number of aliphatic hydroxyl groups excluding tert-OH is 1. The first-order valence-electron chi connectivity index (χ1n) is 9.26. The minimum absolute atomic E-state index is 0.0199. The number of hydrogen-bond acceptors (Lipinski definition) is 8. The van der Waals surface area contributed by atoms with E-state index in [0.717, 1.165) is 17.0 Å². The summed E-state index contributed by atoms with van der Waals surface area (Å²) in [5.41, 5.74) is 3.08. The Morgan fingerprint density at radius 1 is 1.30 bits per heavy atom. The highest BCUT2D eigenvalue weighted by Gasteiger charge is 2.16. The van der Waals surface area contributed by atoms with Crippen molar-refractivity contribution in [3.8, 4) is 0 Å². The Balaban J connectivity index is 1.58. The van der Waals surface area contributed by atoms with E-state index in [-0.39, 0.29) is 24.6 Å². The number of aryl methyl sites for hydroxylation is 2. The van der Waals surface area contributed by atoms with Crippen molar-refractivity contribution in [3.63, 3.8) is 0 Å². The Bertz CT molecular complexity index is 1080. The predicted octanol–water partition coefficient (Wildman–Crippen LogP) is 2.15. The molecule has 0 radical (unpaired) electrons. The number of amides is 1. The van der Waals surface area contributed by atoms with E-state index in [4.69, 9.17) is 0 Å². The van der Waals surface area contributed by atoms with Crippen LogP contribution >= 0.6 is 11.8 Å².